The molecule has 3 rings (SSSR count). The van der Waals surface area contributed by atoms with Crippen LogP contribution in [-0.4, -0.2) is 50.9 Å². The molecule has 10 heteroatoms. The van der Waals surface area contributed by atoms with Crippen molar-refractivity contribution in [3.63, 3.8) is 0 Å². The van der Waals surface area contributed by atoms with Gasteiger partial charge in [0, 0.05) is 5.56 Å². The first-order valence-corrected chi connectivity index (χ1v) is 12.9. The number of ether oxygens (including phenoxy) is 4. The maximum absolute atomic E-state index is 12.6. The van der Waals surface area contributed by atoms with Gasteiger partial charge in [-0.25, -0.2) is 10.2 Å². The molecule has 0 bridgehead atoms. The Morgan fingerprint density at radius 2 is 1.52 bits per heavy atom. The highest BCUT2D eigenvalue weighted by molar-refractivity contribution is 5.96. The van der Waals surface area contributed by atoms with E-state index in [1.54, 1.807) is 66.7 Å². The van der Waals surface area contributed by atoms with Gasteiger partial charge in [-0.3, -0.25) is 9.59 Å². The van der Waals surface area contributed by atoms with Crippen LogP contribution < -0.4 is 29.7 Å². The first-order chi connectivity index (χ1) is 19.4. The molecular weight excluding hydrogens is 514 g/mol. The molecule has 0 saturated carbocycles. The van der Waals surface area contributed by atoms with Crippen LogP contribution in [0.1, 0.15) is 53.0 Å². The maximum atomic E-state index is 12.6. The number of esters is 1. The van der Waals surface area contributed by atoms with Gasteiger partial charge < -0.3 is 24.3 Å². The maximum Gasteiger partial charge on any atom is 0.343 e. The number of benzene rings is 3. The minimum Gasteiger partial charge on any atom is -0.494 e. The number of nitrogens with one attached hydrogen (secondary N) is 2. The zero-order valence-corrected chi connectivity index (χ0v) is 22.8. The molecule has 0 fully saturated rings. The summed E-state index contributed by atoms with van der Waals surface area (Å²) in [6.07, 6.45) is 3.40. The van der Waals surface area contributed by atoms with E-state index in [0.717, 1.165) is 12.8 Å². The third kappa shape index (κ3) is 9.16. The Labute approximate surface area is 233 Å². The smallest absolute Gasteiger partial charge is 0.343 e. The zero-order valence-electron chi connectivity index (χ0n) is 22.8. The molecule has 210 valence electrons. The summed E-state index contributed by atoms with van der Waals surface area (Å²) in [5.41, 5.74) is 3.71. The Hall–Kier alpha value is -4.86. The summed E-state index contributed by atoms with van der Waals surface area (Å²) in [4.78, 5) is 36.9. The van der Waals surface area contributed by atoms with Gasteiger partial charge in [-0.2, -0.15) is 5.10 Å². The van der Waals surface area contributed by atoms with Crippen molar-refractivity contribution in [2.75, 3.05) is 26.9 Å². The van der Waals surface area contributed by atoms with Crippen LogP contribution in [0.25, 0.3) is 0 Å². The first-order valence-electron chi connectivity index (χ1n) is 12.9. The normalized spacial score (nSPS) is 10.6. The SMILES string of the molecule is CCCCOc1ccc(C(=O)Oc2ccc(/C=N/NC(=O)CNC(=O)c3ccc(OCC)cc3)cc2OC)cc1. The second-order valence-corrected chi connectivity index (χ2v) is 8.46. The van der Waals surface area contributed by atoms with E-state index in [-0.39, 0.29) is 12.3 Å². The van der Waals surface area contributed by atoms with E-state index in [1.165, 1.54) is 13.3 Å². The van der Waals surface area contributed by atoms with Gasteiger partial charge in [-0.15, -0.1) is 0 Å². The van der Waals surface area contributed by atoms with Gasteiger partial charge >= 0.3 is 5.97 Å². The van der Waals surface area contributed by atoms with E-state index in [0.29, 0.717) is 47.2 Å². The van der Waals surface area contributed by atoms with Crippen LogP contribution >= 0.6 is 0 Å². The number of unbranched alkanes of at least 4 members (excludes halogenated alkanes) is 1. The Kier molecular flexibility index (Phi) is 11.5. The van der Waals surface area contributed by atoms with Crippen molar-refractivity contribution < 1.29 is 33.3 Å². The fourth-order valence-corrected chi connectivity index (χ4v) is 3.38. The molecule has 0 aliphatic carbocycles. The highest BCUT2D eigenvalue weighted by Gasteiger charge is 2.13. The van der Waals surface area contributed by atoms with Gasteiger partial charge in [-0.05, 0) is 85.6 Å². The molecule has 40 heavy (non-hydrogen) atoms. The molecule has 2 N–H and O–H groups in total. The molecule has 0 spiro atoms. The summed E-state index contributed by atoms with van der Waals surface area (Å²) >= 11 is 0. The summed E-state index contributed by atoms with van der Waals surface area (Å²) in [6, 6.07) is 18.2. The number of rotatable bonds is 14. The fourth-order valence-electron chi connectivity index (χ4n) is 3.38. The van der Waals surface area contributed by atoms with Crippen LogP contribution in [0.3, 0.4) is 0 Å². The van der Waals surface area contributed by atoms with Crippen molar-refractivity contribution in [3.05, 3.63) is 83.4 Å². The number of amides is 2. The molecule has 0 aliphatic rings. The topological polar surface area (TPSA) is 125 Å². The highest BCUT2D eigenvalue weighted by atomic mass is 16.6. The molecule has 0 saturated heterocycles. The monoisotopic (exact) mass is 547 g/mol. The molecule has 3 aromatic carbocycles. The predicted molar refractivity (Wildman–Crippen MR) is 150 cm³/mol. The van der Waals surface area contributed by atoms with E-state index in [2.05, 4.69) is 22.8 Å². The van der Waals surface area contributed by atoms with E-state index >= 15 is 0 Å². The minimum absolute atomic E-state index is 0.231. The average molecular weight is 548 g/mol. The summed E-state index contributed by atoms with van der Waals surface area (Å²) < 4.78 is 21.8. The Morgan fingerprint density at radius 1 is 0.850 bits per heavy atom. The number of hydrazone groups is 1. The van der Waals surface area contributed by atoms with Crippen LogP contribution in [-0.2, 0) is 4.79 Å². The number of hydrogen-bond donors (Lipinski definition) is 2. The van der Waals surface area contributed by atoms with E-state index in [4.69, 9.17) is 18.9 Å². The van der Waals surface area contributed by atoms with Gasteiger partial charge in [-0.1, -0.05) is 13.3 Å². The number of carbonyl (C=O) groups excluding carboxylic acids is 3. The molecule has 0 heterocycles. The van der Waals surface area contributed by atoms with Crippen LogP contribution in [0.15, 0.2) is 71.8 Å². The summed E-state index contributed by atoms with van der Waals surface area (Å²) in [6.45, 7) is 4.86. The Bertz CT molecular complexity index is 1310. The lowest BCUT2D eigenvalue weighted by Crippen LogP contribution is -2.34. The standard InChI is InChI=1S/C30H33N3O7/c1-4-6-17-39-25-14-10-23(11-15-25)30(36)40-26-16-7-21(18-27(26)37-3)19-32-33-28(34)20-31-29(35)22-8-12-24(13-9-22)38-5-2/h7-16,18-19H,4-6,17,20H2,1-3H3,(H,31,35)(H,33,34)/b32-19+. The van der Waals surface area contributed by atoms with Crippen molar-refractivity contribution >= 4 is 24.0 Å². The van der Waals surface area contributed by atoms with Crippen LogP contribution in [0.4, 0.5) is 0 Å². The van der Waals surface area contributed by atoms with Crippen LogP contribution in [0, 0.1) is 0 Å². The summed E-state index contributed by atoms with van der Waals surface area (Å²) in [5, 5.41) is 6.43. The average Bonchev–Trinajstić information content (AvgIpc) is 2.97. The first kappa shape index (κ1) is 29.7. The molecule has 0 aliphatic heterocycles. The van der Waals surface area contributed by atoms with E-state index in [9.17, 15) is 14.4 Å². The van der Waals surface area contributed by atoms with E-state index in [1.807, 2.05) is 6.92 Å². The zero-order chi connectivity index (χ0) is 28.7. The Morgan fingerprint density at radius 3 is 2.17 bits per heavy atom. The number of carbonyl (C=O) groups is 3. The van der Waals surface area contributed by atoms with Crippen molar-refractivity contribution in [3.8, 4) is 23.0 Å². The summed E-state index contributed by atoms with van der Waals surface area (Å²) in [5.74, 6) is 0.447. The lowest BCUT2D eigenvalue weighted by Gasteiger charge is -2.10. The third-order valence-corrected chi connectivity index (χ3v) is 5.49. The van der Waals surface area contributed by atoms with E-state index < -0.39 is 17.8 Å². The third-order valence-electron chi connectivity index (χ3n) is 5.49. The molecule has 3 aromatic rings. The molecule has 0 unspecified atom stereocenters. The van der Waals surface area contributed by atoms with Crippen LogP contribution in [0.5, 0.6) is 23.0 Å². The Balaban J connectivity index is 1.49. The number of hydrogen-bond acceptors (Lipinski definition) is 8. The quantitative estimate of drug-likeness (QED) is 0.101. The van der Waals surface area contributed by atoms with Gasteiger partial charge in [0.05, 0.1) is 38.6 Å². The highest BCUT2D eigenvalue weighted by Crippen LogP contribution is 2.28. The molecule has 0 atom stereocenters. The largest absolute Gasteiger partial charge is 0.494 e. The molecule has 0 aromatic heterocycles. The van der Waals surface area contributed by atoms with Crippen molar-refractivity contribution in [1.82, 2.24) is 10.7 Å². The molecule has 10 nitrogen and oxygen atoms in total. The van der Waals surface area contributed by atoms with Gasteiger partial charge in [0.15, 0.2) is 11.5 Å². The number of methoxy groups -OCH3 is 1. The minimum atomic E-state index is -0.542. The predicted octanol–water partition coefficient (Wildman–Crippen LogP) is 4.37. The van der Waals surface area contributed by atoms with Crippen molar-refractivity contribution in [2.45, 2.75) is 26.7 Å². The lowest BCUT2D eigenvalue weighted by molar-refractivity contribution is -0.120. The second-order valence-electron chi connectivity index (χ2n) is 8.46. The van der Waals surface area contributed by atoms with Gasteiger partial charge in [0.1, 0.15) is 11.5 Å². The number of nitrogens with zero attached hydrogens (tertiary/aromatic N) is 1. The van der Waals surface area contributed by atoms with Gasteiger partial charge in [0.2, 0.25) is 0 Å². The lowest BCUT2D eigenvalue weighted by atomic mass is 10.2. The molecule has 0 radical (unpaired) electrons. The molecular formula is C30H33N3O7. The fraction of sp³-hybridized carbons (Fsp3) is 0.267. The second kappa shape index (κ2) is 15.5. The van der Waals surface area contributed by atoms with Crippen molar-refractivity contribution in [1.29, 1.82) is 0 Å². The van der Waals surface area contributed by atoms with Crippen LogP contribution in [0.2, 0.25) is 0 Å². The summed E-state index contributed by atoms with van der Waals surface area (Å²) in [7, 11) is 1.45. The van der Waals surface area contributed by atoms with Crippen molar-refractivity contribution in [2.24, 2.45) is 5.10 Å². The molecule has 2 amide bonds. The van der Waals surface area contributed by atoms with Gasteiger partial charge in [0.25, 0.3) is 11.8 Å².